The van der Waals surface area contributed by atoms with E-state index in [9.17, 15) is 9.18 Å². The van der Waals surface area contributed by atoms with Gasteiger partial charge in [-0.15, -0.1) is 0 Å². The molecular weight excluding hydrogens is 219 g/mol. The molecule has 0 aromatic heterocycles. The SMILES string of the molecule is CC(N)CC(=O)NC1(c2ccccc2F)CC1. The van der Waals surface area contributed by atoms with Crippen molar-refractivity contribution in [2.75, 3.05) is 0 Å². The summed E-state index contributed by atoms with van der Waals surface area (Å²) < 4.78 is 13.7. The van der Waals surface area contributed by atoms with Gasteiger partial charge in [0.25, 0.3) is 0 Å². The number of benzene rings is 1. The molecule has 1 saturated carbocycles. The number of hydrogen-bond donors (Lipinski definition) is 2. The van der Waals surface area contributed by atoms with Gasteiger partial charge in [-0.05, 0) is 25.8 Å². The van der Waals surface area contributed by atoms with Gasteiger partial charge < -0.3 is 11.1 Å². The van der Waals surface area contributed by atoms with Gasteiger partial charge >= 0.3 is 0 Å². The van der Waals surface area contributed by atoms with Gasteiger partial charge in [-0.1, -0.05) is 18.2 Å². The Morgan fingerprint density at radius 1 is 1.53 bits per heavy atom. The van der Waals surface area contributed by atoms with E-state index < -0.39 is 5.54 Å². The van der Waals surface area contributed by atoms with Crippen molar-refractivity contribution < 1.29 is 9.18 Å². The largest absolute Gasteiger partial charge is 0.346 e. The zero-order valence-corrected chi connectivity index (χ0v) is 9.87. The number of carbonyl (C=O) groups excluding carboxylic acids is 1. The predicted molar refractivity (Wildman–Crippen MR) is 63.7 cm³/mol. The summed E-state index contributed by atoms with van der Waals surface area (Å²) in [6.45, 7) is 1.78. The minimum absolute atomic E-state index is 0.110. The summed E-state index contributed by atoms with van der Waals surface area (Å²) in [4.78, 5) is 11.7. The van der Waals surface area contributed by atoms with Crippen LogP contribution in [-0.4, -0.2) is 11.9 Å². The van der Waals surface area contributed by atoms with E-state index in [2.05, 4.69) is 5.32 Å². The van der Waals surface area contributed by atoms with E-state index in [1.54, 1.807) is 25.1 Å². The highest BCUT2D eigenvalue weighted by Gasteiger charge is 2.47. The van der Waals surface area contributed by atoms with Gasteiger partial charge in [0.2, 0.25) is 5.91 Å². The van der Waals surface area contributed by atoms with Crippen LogP contribution in [0.25, 0.3) is 0 Å². The van der Waals surface area contributed by atoms with Gasteiger partial charge in [-0.2, -0.15) is 0 Å². The Hall–Kier alpha value is -1.42. The summed E-state index contributed by atoms with van der Waals surface area (Å²) in [6.07, 6.45) is 1.85. The molecule has 1 aromatic carbocycles. The molecule has 1 unspecified atom stereocenters. The standard InChI is InChI=1S/C13H17FN2O/c1-9(15)8-12(17)16-13(6-7-13)10-4-2-3-5-11(10)14/h2-5,9H,6-8,15H2,1H3,(H,16,17). The minimum Gasteiger partial charge on any atom is -0.346 e. The van der Waals surface area contributed by atoms with E-state index in [0.717, 1.165) is 12.8 Å². The molecule has 0 aliphatic heterocycles. The minimum atomic E-state index is -0.489. The highest BCUT2D eigenvalue weighted by molar-refractivity contribution is 5.78. The fourth-order valence-corrected chi connectivity index (χ4v) is 2.05. The smallest absolute Gasteiger partial charge is 0.222 e. The first kappa shape index (κ1) is 12.0. The van der Waals surface area contributed by atoms with Crippen LogP contribution in [-0.2, 0) is 10.3 Å². The Morgan fingerprint density at radius 3 is 2.71 bits per heavy atom. The second-order valence-corrected chi connectivity index (χ2v) is 4.79. The molecule has 0 spiro atoms. The summed E-state index contributed by atoms with van der Waals surface area (Å²) in [7, 11) is 0. The van der Waals surface area contributed by atoms with Crippen LogP contribution in [0.1, 0.15) is 31.7 Å². The molecule has 1 atom stereocenters. The van der Waals surface area contributed by atoms with Crippen LogP contribution in [0.15, 0.2) is 24.3 Å². The van der Waals surface area contributed by atoms with E-state index in [1.807, 2.05) is 0 Å². The average Bonchev–Trinajstić information content (AvgIpc) is 2.97. The van der Waals surface area contributed by atoms with Crippen molar-refractivity contribution in [2.45, 2.75) is 37.8 Å². The van der Waals surface area contributed by atoms with Crippen LogP contribution in [0.3, 0.4) is 0 Å². The van der Waals surface area contributed by atoms with Crippen molar-refractivity contribution in [1.82, 2.24) is 5.32 Å². The molecule has 17 heavy (non-hydrogen) atoms. The molecule has 0 saturated heterocycles. The monoisotopic (exact) mass is 236 g/mol. The van der Waals surface area contributed by atoms with Crippen LogP contribution < -0.4 is 11.1 Å². The maximum absolute atomic E-state index is 13.7. The number of nitrogens with one attached hydrogen (secondary N) is 1. The lowest BCUT2D eigenvalue weighted by Crippen LogP contribution is -2.38. The van der Waals surface area contributed by atoms with Gasteiger partial charge in [0.15, 0.2) is 0 Å². The van der Waals surface area contributed by atoms with E-state index >= 15 is 0 Å². The van der Waals surface area contributed by atoms with Crippen LogP contribution >= 0.6 is 0 Å². The highest BCUT2D eigenvalue weighted by atomic mass is 19.1. The van der Waals surface area contributed by atoms with Crippen LogP contribution in [0, 0.1) is 5.82 Å². The maximum Gasteiger partial charge on any atom is 0.222 e. The summed E-state index contributed by atoms with van der Waals surface area (Å²) >= 11 is 0. The third kappa shape index (κ3) is 2.64. The van der Waals surface area contributed by atoms with Crippen molar-refractivity contribution >= 4 is 5.91 Å². The Kier molecular flexibility index (Phi) is 3.15. The molecule has 0 bridgehead atoms. The molecular formula is C13H17FN2O. The maximum atomic E-state index is 13.7. The topological polar surface area (TPSA) is 55.1 Å². The fourth-order valence-electron chi connectivity index (χ4n) is 2.05. The molecule has 1 amide bonds. The molecule has 92 valence electrons. The number of nitrogens with two attached hydrogens (primary N) is 1. The Balaban J connectivity index is 2.10. The van der Waals surface area contributed by atoms with Crippen LogP contribution in [0.5, 0.6) is 0 Å². The number of rotatable bonds is 4. The van der Waals surface area contributed by atoms with E-state index in [1.165, 1.54) is 6.07 Å². The Bertz CT molecular complexity index is 427. The summed E-state index contributed by atoms with van der Waals surface area (Å²) in [5.41, 5.74) is 5.66. The van der Waals surface area contributed by atoms with Crippen molar-refractivity contribution in [3.63, 3.8) is 0 Å². The summed E-state index contributed by atoms with van der Waals surface area (Å²) in [5.74, 6) is -0.369. The van der Waals surface area contributed by atoms with Gasteiger partial charge in [0.1, 0.15) is 5.82 Å². The van der Waals surface area contributed by atoms with Gasteiger partial charge in [-0.3, -0.25) is 4.79 Å². The zero-order chi connectivity index (χ0) is 12.5. The first-order chi connectivity index (χ1) is 8.03. The number of halogens is 1. The summed E-state index contributed by atoms with van der Waals surface area (Å²) in [5, 5.41) is 2.90. The van der Waals surface area contributed by atoms with Crippen molar-refractivity contribution in [1.29, 1.82) is 0 Å². The van der Waals surface area contributed by atoms with Crippen LogP contribution in [0.2, 0.25) is 0 Å². The van der Waals surface area contributed by atoms with Crippen molar-refractivity contribution in [3.05, 3.63) is 35.6 Å². The number of carbonyl (C=O) groups is 1. The molecule has 4 heteroatoms. The van der Waals surface area contributed by atoms with Gasteiger partial charge in [0, 0.05) is 18.0 Å². The molecule has 0 radical (unpaired) electrons. The number of amides is 1. The van der Waals surface area contributed by atoms with Crippen molar-refractivity contribution in [2.24, 2.45) is 5.73 Å². The summed E-state index contributed by atoms with van der Waals surface area (Å²) in [6, 6.07) is 6.42. The molecule has 1 aromatic rings. The lowest BCUT2D eigenvalue weighted by molar-refractivity contribution is -0.122. The molecule has 1 aliphatic carbocycles. The Labute approximate surface area is 100 Å². The highest BCUT2D eigenvalue weighted by Crippen LogP contribution is 2.46. The molecule has 1 fully saturated rings. The first-order valence-corrected chi connectivity index (χ1v) is 5.85. The normalized spacial score (nSPS) is 18.5. The van der Waals surface area contributed by atoms with Crippen LogP contribution in [0.4, 0.5) is 4.39 Å². The van der Waals surface area contributed by atoms with Gasteiger partial charge in [-0.25, -0.2) is 4.39 Å². The van der Waals surface area contributed by atoms with Gasteiger partial charge in [0.05, 0.1) is 5.54 Å². The van der Waals surface area contributed by atoms with Crippen molar-refractivity contribution in [3.8, 4) is 0 Å². The second-order valence-electron chi connectivity index (χ2n) is 4.79. The second kappa shape index (κ2) is 4.45. The van der Waals surface area contributed by atoms with E-state index in [4.69, 9.17) is 5.73 Å². The van der Waals surface area contributed by atoms with E-state index in [0.29, 0.717) is 5.56 Å². The Morgan fingerprint density at radius 2 is 2.18 bits per heavy atom. The molecule has 0 heterocycles. The van der Waals surface area contributed by atoms with E-state index in [-0.39, 0.29) is 24.2 Å². The molecule has 1 aliphatic rings. The number of hydrogen-bond acceptors (Lipinski definition) is 2. The predicted octanol–water partition coefficient (Wildman–Crippen LogP) is 1.67. The molecule has 3 nitrogen and oxygen atoms in total. The quantitative estimate of drug-likeness (QED) is 0.835. The lowest BCUT2D eigenvalue weighted by atomic mass is 10.0. The fraction of sp³-hybridized carbons (Fsp3) is 0.462. The molecule has 2 rings (SSSR count). The average molecular weight is 236 g/mol. The zero-order valence-electron chi connectivity index (χ0n) is 9.87. The third-order valence-electron chi connectivity index (χ3n) is 3.03. The third-order valence-corrected chi connectivity index (χ3v) is 3.03. The first-order valence-electron chi connectivity index (χ1n) is 5.85. The molecule has 3 N–H and O–H groups in total. The lowest BCUT2D eigenvalue weighted by Gasteiger charge is -2.19.